The predicted molar refractivity (Wildman–Crippen MR) is 74.2 cm³/mol. The summed E-state index contributed by atoms with van der Waals surface area (Å²) in [4.78, 5) is 0. The van der Waals surface area contributed by atoms with E-state index in [1.807, 2.05) is 18.2 Å². The maximum absolute atomic E-state index is 5.76. The average Bonchev–Trinajstić information content (AvgIpc) is 2.75. The highest BCUT2D eigenvalue weighted by Crippen LogP contribution is 2.23. The number of hydrogen-bond acceptors (Lipinski definition) is 2. The van der Waals surface area contributed by atoms with Gasteiger partial charge in [-0.25, -0.2) is 0 Å². The topological polar surface area (TPSA) is 25.2 Å². The van der Waals surface area contributed by atoms with Crippen molar-refractivity contribution in [3.05, 3.63) is 45.7 Å². The van der Waals surface area contributed by atoms with E-state index in [1.54, 1.807) is 0 Å². The van der Waals surface area contributed by atoms with E-state index in [9.17, 15) is 0 Å². The van der Waals surface area contributed by atoms with Crippen LogP contribution in [0.25, 0.3) is 11.3 Å². The first-order valence-corrected chi connectivity index (χ1v) is 6.43. The molecule has 1 N–H and O–H groups in total. The molecule has 3 heteroatoms. The summed E-state index contributed by atoms with van der Waals surface area (Å²) in [7, 11) is 0. The number of hydrogen-bond donors (Lipinski definition) is 1. The summed E-state index contributed by atoms with van der Waals surface area (Å²) >= 11 is 2.31. The average molecular weight is 327 g/mol. The van der Waals surface area contributed by atoms with Gasteiger partial charge in [0.15, 0.2) is 0 Å². The quantitative estimate of drug-likeness (QED) is 0.867. The third-order valence-electron chi connectivity index (χ3n) is 2.32. The molecule has 16 heavy (non-hydrogen) atoms. The zero-order valence-corrected chi connectivity index (χ0v) is 11.3. The Balaban J connectivity index is 2.18. The van der Waals surface area contributed by atoms with Crippen molar-refractivity contribution in [1.82, 2.24) is 5.32 Å². The molecule has 0 saturated heterocycles. The van der Waals surface area contributed by atoms with Crippen LogP contribution in [-0.2, 0) is 6.54 Å². The smallest absolute Gasteiger partial charge is 0.134 e. The fraction of sp³-hybridized carbons (Fsp3) is 0.231. The van der Waals surface area contributed by atoms with Crippen LogP contribution >= 0.6 is 22.6 Å². The normalized spacial score (nSPS) is 10.6. The number of halogens is 1. The van der Waals surface area contributed by atoms with Gasteiger partial charge in [0.2, 0.25) is 0 Å². The Morgan fingerprint density at radius 1 is 1.25 bits per heavy atom. The fourth-order valence-corrected chi connectivity index (χ4v) is 2.06. The molecule has 0 bridgehead atoms. The van der Waals surface area contributed by atoms with Crippen LogP contribution in [0.4, 0.5) is 0 Å². The lowest BCUT2D eigenvalue weighted by Crippen LogP contribution is -2.10. The summed E-state index contributed by atoms with van der Waals surface area (Å²) in [6, 6.07) is 12.4. The molecule has 1 heterocycles. The zero-order valence-electron chi connectivity index (χ0n) is 9.16. The van der Waals surface area contributed by atoms with Gasteiger partial charge in [-0.15, -0.1) is 0 Å². The van der Waals surface area contributed by atoms with Gasteiger partial charge in [0.25, 0.3) is 0 Å². The lowest BCUT2D eigenvalue weighted by molar-refractivity contribution is 0.498. The Labute approximate surface area is 109 Å². The SMILES string of the molecule is CCNCc1ccc(-c2cccc(I)c2)o1. The molecule has 0 spiro atoms. The monoisotopic (exact) mass is 327 g/mol. The van der Waals surface area contributed by atoms with Crippen LogP contribution in [0.1, 0.15) is 12.7 Å². The van der Waals surface area contributed by atoms with Crippen molar-refractivity contribution < 1.29 is 4.42 Å². The van der Waals surface area contributed by atoms with Gasteiger partial charge in [-0.2, -0.15) is 0 Å². The second-order valence-corrected chi connectivity index (χ2v) is 4.80. The molecule has 2 nitrogen and oxygen atoms in total. The van der Waals surface area contributed by atoms with Crippen LogP contribution in [0.2, 0.25) is 0 Å². The maximum Gasteiger partial charge on any atom is 0.134 e. The Morgan fingerprint density at radius 2 is 2.12 bits per heavy atom. The Kier molecular flexibility index (Phi) is 4.01. The van der Waals surface area contributed by atoms with Crippen LogP contribution in [0.3, 0.4) is 0 Å². The van der Waals surface area contributed by atoms with E-state index in [-0.39, 0.29) is 0 Å². The minimum atomic E-state index is 0.792. The van der Waals surface area contributed by atoms with Gasteiger partial charge >= 0.3 is 0 Å². The van der Waals surface area contributed by atoms with E-state index in [0.717, 1.165) is 30.2 Å². The fourth-order valence-electron chi connectivity index (χ4n) is 1.52. The van der Waals surface area contributed by atoms with Gasteiger partial charge < -0.3 is 9.73 Å². The van der Waals surface area contributed by atoms with Gasteiger partial charge in [0.1, 0.15) is 11.5 Å². The molecule has 0 saturated carbocycles. The van der Waals surface area contributed by atoms with E-state index in [0.29, 0.717) is 0 Å². The highest BCUT2D eigenvalue weighted by molar-refractivity contribution is 14.1. The van der Waals surface area contributed by atoms with Crippen molar-refractivity contribution in [3.63, 3.8) is 0 Å². The Hall–Kier alpha value is -0.810. The lowest BCUT2D eigenvalue weighted by Gasteiger charge is -1.99. The number of rotatable bonds is 4. The summed E-state index contributed by atoms with van der Waals surface area (Å²) in [5, 5.41) is 3.25. The molecular weight excluding hydrogens is 313 g/mol. The number of furan rings is 1. The maximum atomic E-state index is 5.76. The molecule has 0 aliphatic heterocycles. The summed E-state index contributed by atoms with van der Waals surface area (Å²) in [5.41, 5.74) is 1.13. The van der Waals surface area contributed by atoms with E-state index < -0.39 is 0 Å². The zero-order chi connectivity index (χ0) is 11.4. The summed E-state index contributed by atoms with van der Waals surface area (Å²) < 4.78 is 6.98. The van der Waals surface area contributed by atoms with E-state index in [4.69, 9.17) is 4.42 Å². The first kappa shape index (κ1) is 11.7. The third kappa shape index (κ3) is 2.86. The molecule has 1 aromatic heterocycles. The minimum absolute atomic E-state index is 0.792. The summed E-state index contributed by atoms with van der Waals surface area (Å²) in [6.45, 7) is 3.84. The van der Waals surface area contributed by atoms with Crippen LogP contribution in [0.15, 0.2) is 40.8 Å². The molecule has 1 aromatic carbocycles. The second-order valence-electron chi connectivity index (χ2n) is 3.56. The van der Waals surface area contributed by atoms with Gasteiger partial charge in [-0.1, -0.05) is 19.1 Å². The molecule has 0 fully saturated rings. The second kappa shape index (κ2) is 5.50. The van der Waals surface area contributed by atoms with Crippen molar-refractivity contribution in [1.29, 1.82) is 0 Å². The van der Waals surface area contributed by atoms with Gasteiger partial charge in [-0.3, -0.25) is 0 Å². The molecule has 2 aromatic rings. The molecule has 0 amide bonds. The van der Waals surface area contributed by atoms with Crippen molar-refractivity contribution >= 4 is 22.6 Å². The first-order chi connectivity index (χ1) is 7.79. The predicted octanol–water partition coefficient (Wildman–Crippen LogP) is 3.66. The molecule has 0 radical (unpaired) electrons. The van der Waals surface area contributed by atoms with Crippen molar-refractivity contribution in [2.24, 2.45) is 0 Å². The Morgan fingerprint density at radius 3 is 2.88 bits per heavy atom. The van der Waals surface area contributed by atoms with Crippen LogP contribution in [0.5, 0.6) is 0 Å². The third-order valence-corrected chi connectivity index (χ3v) is 2.99. The molecule has 0 unspecified atom stereocenters. The van der Waals surface area contributed by atoms with Crippen LogP contribution in [-0.4, -0.2) is 6.54 Å². The highest BCUT2D eigenvalue weighted by atomic mass is 127. The molecule has 0 aliphatic rings. The molecule has 2 rings (SSSR count). The van der Waals surface area contributed by atoms with E-state index in [1.165, 1.54) is 3.57 Å². The molecule has 0 aliphatic carbocycles. The lowest BCUT2D eigenvalue weighted by atomic mass is 10.2. The Bertz CT molecular complexity index is 464. The number of benzene rings is 1. The molecule has 84 valence electrons. The van der Waals surface area contributed by atoms with Crippen LogP contribution < -0.4 is 5.32 Å². The van der Waals surface area contributed by atoms with Crippen LogP contribution in [0, 0.1) is 3.57 Å². The van der Waals surface area contributed by atoms with Crippen molar-refractivity contribution in [3.8, 4) is 11.3 Å². The standard InChI is InChI=1S/C13H14INO/c1-2-15-9-12-6-7-13(16-12)10-4-3-5-11(14)8-10/h3-8,15H,2,9H2,1H3. The van der Waals surface area contributed by atoms with Gasteiger partial charge in [0.05, 0.1) is 6.54 Å². The molecular formula is C13H14INO. The van der Waals surface area contributed by atoms with E-state index in [2.05, 4.69) is 53.0 Å². The first-order valence-electron chi connectivity index (χ1n) is 5.35. The van der Waals surface area contributed by atoms with Crippen molar-refractivity contribution in [2.75, 3.05) is 6.54 Å². The minimum Gasteiger partial charge on any atom is -0.460 e. The number of nitrogens with one attached hydrogen (secondary N) is 1. The summed E-state index contributed by atoms with van der Waals surface area (Å²) in [5.74, 6) is 1.92. The highest BCUT2D eigenvalue weighted by Gasteiger charge is 2.04. The van der Waals surface area contributed by atoms with E-state index >= 15 is 0 Å². The van der Waals surface area contributed by atoms with Crippen molar-refractivity contribution in [2.45, 2.75) is 13.5 Å². The molecule has 0 atom stereocenters. The summed E-state index contributed by atoms with van der Waals surface area (Å²) in [6.07, 6.45) is 0. The van der Waals surface area contributed by atoms with Gasteiger partial charge in [-0.05, 0) is 53.4 Å². The largest absolute Gasteiger partial charge is 0.460 e. The van der Waals surface area contributed by atoms with Gasteiger partial charge in [0, 0.05) is 9.13 Å².